The van der Waals surface area contributed by atoms with Crippen molar-refractivity contribution in [3.63, 3.8) is 0 Å². The van der Waals surface area contributed by atoms with Crippen molar-refractivity contribution in [3.8, 4) is 0 Å². The van der Waals surface area contributed by atoms with E-state index in [-0.39, 0.29) is 30.4 Å². The van der Waals surface area contributed by atoms with Crippen molar-refractivity contribution in [1.29, 1.82) is 0 Å². The van der Waals surface area contributed by atoms with E-state index in [0.29, 0.717) is 24.8 Å². The monoisotopic (exact) mass is 522 g/mol. The maximum Gasteiger partial charge on any atom is 0.362 e. The normalized spacial score (nSPS) is 32.1. The second kappa shape index (κ2) is 10.8. The summed E-state index contributed by atoms with van der Waals surface area (Å²) in [6, 6.07) is 8.48. The molecule has 38 heavy (non-hydrogen) atoms. The van der Waals surface area contributed by atoms with Crippen molar-refractivity contribution >= 4 is 22.7 Å². The van der Waals surface area contributed by atoms with Crippen LogP contribution in [0.25, 0.3) is 11.0 Å². The number of carbonyl (C=O) groups is 1. The smallest absolute Gasteiger partial charge is 0.362 e. The van der Waals surface area contributed by atoms with Gasteiger partial charge in [-0.15, -0.1) is 0 Å². The molecule has 2 saturated carbocycles. The first kappa shape index (κ1) is 25.5. The predicted molar refractivity (Wildman–Crippen MR) is 143 cm³/mol. The predicted octanol–water partition coefficient (Wildman–Crippen LogP) is 3.90. The average Bonchev–Trinajstić information content (AvgIpc) is 3.08. The van der Waals surface area contributed by atoms with Gasteiger partial charge in [0.2, 0.25) is 5.71 Å². The van der Waals surface area contributed by atoms with Crippen LogP contribution >= 0.6 is 0 Å². The van der Waals surface area contributed by atoms with Crippen LogP contribution in [0.1, 0.15) is 76.4 Å². The summed E-state index contributed by atoms with van der Waals surface area (Å²) in [5.41, 5.74) is 0.244. The molecule has 9 nitrogen and oxygen atoms in total. The Labute approximate surface area is 222 Å². The number of esters is 1. The lowest BCUT2D eigenvalue weighted by molar-refractivity contribution is -0.135. The molecule has 1 N–H and O–H groups in total. The van der Waals surface area contributed by atoms with Gasteiger partial charge in [-0.05, 0) is 63.0 Å². The Morgan fingerprint density at radius 1 is 1.03 bits per heavy atom. The maximum absolute atomic E-state index is 13.9. The van der Waals surface area contributed by atoms with Crippen molar-refractivity contribution < 1.29 is 19.5 Å². The molecule has 0 amide bonds. The number of piperidine rings is 1. The number of aromatic nitrogens is 2. The zero-order chi connectivity index (χ0) is 26.2. The van der Waals surface area contributed by atoms with Crippen LogP contribution in [0.2, 0.25) is 0 Å². The fraction of sp³-hybridized carbons (Fsp3) is 0.655. The Bertz CT molecular complexity index is 1250. The molecule has 0 radical (unpaired) electrons. The van der Waals surface area contributed by atoms with E-state index in [1.165, 1.54) is 44.9 Å². The average molecular weight is 523 g/mol. The van der Waals surface area contributed by atoms with Gasteiger partial charge in [0.05, 0.1) is 30.9 Å². The minimum Gasteiger partial charge on any atom is -0.461 e. The van der Waals surface area contributed by atoms with Crippen LogP contribution in [0.15, 0.2) is 34.2 Å². The highest BCUT2D eigenvalue weighted by Gasteiger charge is 2.46. The van der Waals surface area contributed by atoms with E-state index in [4.69, 9.17) is 9.47 Å². The maximum atomic E-state index is 13.9. The van der Waals surface area contributed by atoms with E-state index in [1.807, 2.05) is 24.3 Å². The van der Waals surface area contributed by atoms with E-state index >= 15 is 0 Å². The molecule has 4 fully saturated rings. The lowest BCUT2D eigenvalue weighted by Gasteiger charge is -2.54. The highest BCUT2D eigenvalue weighted by Crippen LogP contribution is 2.44. The van der Waals surface area contributed by atoms with Gasteiger partial charge in [-0.3, -0.25) is 9.69 Å². The van der Waals surface area contributed by atoms with E-state index in [0.717, 1.165) is 30.2 Å². The van der Waals surface area contributed by atoms with Gasteiger partial charge in [0.15, 0.2) is 5.69 Å². The highest BCUT2D eigenvalue weighted by atomic mass is 16.5. The third-order valence-corrected chi connectivity index (χ3v) is 9.28. The summed E-state index contributed by atoms with van der Waals surface area (Å²) in [7, 11) is 0. The van der Waals surface area contributed by atoms with Gasteiger partial charge in [-0.2, -0.15) is 0 Å². The molecule has 9 heteroatoms. The summed E-state index contributed by atoms with van der Waals surface area (Å²) in [4.78, 5) is 33.6. The first-order valence-electron chi connectivity index (χ1n) is 14.3. The topological polar surface area (TPSA) is 106 Å². The first-order chi connectivity index (χ1) is 18.6. The summed E-state index contributed by atoms with van der Waals surface area (Å²) in [6.45, 7) is 3.12. The molecule has 5 atom stereocenters. The summed E-state index contributed by atoms with van der Waals surface area (Å²) >= 11 is 0. The fourth-order valence-electron chi connectivity index (χ4n) is 7.89. The van der Waals surface area contributed by atoms with Gasteiger partial charge in [0.1, 0.15) is 0 Å². The van der Waals surface area contributed by atoms with Gasteiger partial charge in [0.25, 0.3) is 5.56 Å². The number of ether oxygens (including phenoxy) is 2. The molecule has 2 unspecified atom stereocenters. The zero-order valence-corrected chi connectivity index (χ0v) is 22.1. The van der Waals surface area contributed by atoms with Crippen LogP contribution in [0, 0.1) is 11.8 Å². The molecule has 1 aromatic heterocycles. The molecule has 4 bridgehead atoms. The molecular weight excluding hydrogens is 484 g/mol. The van der Waals surface area contributed by atoms with Gasteiger partial charge in [-0.25, -0.2) is 9.78 Å². The summed E-state index contributed by atoms with van der Waals surface area (Å²) in [5.74, 6) is 0.822. The van der Waals surface area contributed by atoms with E-state index in [9.17, 15) is 14.8 Å². The zero-order valence-electron chi connectivity index (χ0n) is 22.1. The van der Waals surface area contributed by atoms with Crippen molar-refractivity contribution in [1.82, 2.24) is 14.5 Å². The van der Waals surface area contributed by atoms with Crippen LogP contribution < -0.4 is 5.56 Å². The quantitative estimate of drug-likeness (QED) is 0.275. The molecule has 0 spiro atoms. The van der Waals surface area contributed by atoms with Crippen LogP contribution in [-0.2, 0) is 14.3 Å². The van der Waals surface area contributed by atoms with Gasteiger partial charge < -0.3 is 19.2 Å². The molecule has 2 saturated heterocycles. The van der Waals surface area contributed by atoms with Crippen LogP contribution in [0.3, 0.4) is 0 Å². The molecule has 1 aromatic carbocycles. The largest absolute Gasteiger partial charge is 0.461 e. The molecule has 4 aliphatic rings. The van der Waals surface area contributed by atoms with Gasteiger partial charge in [0, 0.05) is 24.2 Å². The van der Waals surface area contributed by atoms with E-state index in [1.54, 1.807) is 11.5 Å². The third kappa shape index (κ3) is 4.64. The number of hydrogen-bond donors (Lipinski definition) is 1. The van der Waals surface area contributed by atoms with Crippen molar-refractivity contribution in [2.75, 3.05) is 19.8 Å². The number of hydrogen-bond acceptors (Lipinski definition) is 8. The Morgan fingerprint density at radius 3 is 2.37 bits per heavy atom. The molecule has 2 aromatic rings. The molecular formula is C29H38N4O5. The SMILES string of the molecule is CCOC(=O)C(=NO)c1nc2ccccc2n([C@H]2C[C@H]3COC[C@@H](C2)N3C2CC3CCCCC(C3)C2)c1=O. The minimum atomic E-state index is -0.861. The Morgan fingerprint density at radius 2 is 1.71 bits per heavy atom. The minimum absolute atomic E-state index is 0.0719. The Balaban J connectivity index is 1.35. The molecule has 204 valence electrons. The number of oxime groups is 1. The van der Waals surface area contributed by atoms with Crippen molar-refractivity contribution in [3.05, 3.63) is 40.3 Å². The highest BCUT2D eigenvalue weighted by molar-refractivity contribution is 6.42. The number of rotatable bonds is 5. The number of fused-ring (bicyclic) bond motifs is 5. The lowest BCUT2D eigenvalue weighted by atomic mass is 9.75. The molecule has 6 rings (SSSR count). The van der Waals surface area contributed by atoms with Crippen molar-refractivity contribution in [2.24, 2.45) is 17.0 Å². The van der Waals surface area contributed by atoms with Crippen LogP contribution in [0.5, 0.6) is 0 Å². The molecule has 2 aliphatic heterocycles. The lowest BCUT2D eigenvalue weighted by Crippen LogP contribution is -2.62. The number of nitrogens with zero attached hydrogens (tertiary/aromatic N) is 4. The molecule has 2 aliphatic carbocycles. The van der Waals surface area contributed by atoms with Gasteiger partial charge in [-0.1, -0.05) is 43.0 Å². The summed E-state index contributed by atoms with van der Waals surface area (Å²) < 4.78 is 12.9. The van der Waals surface area contributed by atoms with Crippen LogP contribution in [-0.4, -0.2) is 69.3 Å². The first-order valence-corrected chi connectivity index (χ1v) is 14.3. The fourth-order valence-corrected chi connectivity index (χ4v) is 7.89. The van der Waals surface area contributed by atoms with Gasteiger partial charge >= 0.3 is 5.97 Å². The standard InChI is InChI=1S/C29H38N4O5/c1-2-38-29(35)27(31-36)26-28(34)33(25-10-6-5-9-24(25)30-26)21-14-22-16-37-17-23(15-21)32(22)20-12-18-7-3-4-8-19(11-18)13-20/h5-6,9-10,18-23,36H,2-4,7-8,11-17H2,1H3/t18?,19?,20?,21-,22-,23+. The van der Waals surface area contributed by atoms with E-state index in [2.05, 4.69) is 15.0 Å². The summed E-state index contributed by atoms with van der Waals surface area (Å²) in [5, 5.41) is 12.8. The summed E-state index contributed by atoms with van der Waals surface area (Å²) in [6.07, 6.45) is 11.0. The molecule has 3 heterocycles. The Kier molecular flexibility index (Phi) is 7.22. The number of carbonyl (C=O) groups excluding carboxylic acids is 1. The second-order valence-electron chi connectivity index (χ2n) is 11.6. The van der Waals surface area contributed by atoms with Crippen molar-refractivity contribution in [2.45, 2.75) is 88.9 Å². The Hall–Kier alpha value is -2.78. The number of para-hydroxylation sites is 2. The second-order valence-corrected chi connectivity index (χ2v) is 11.6. The van der Waals surface area contributed by atoms with E-state index < -0.39 is 17.2 Å². The number of benzene rings is 1. The third-order valence-electron chi connectivity index (χ3n) is 9.28. The van der Waals surface area contributed by atoms with Crippen LogP contribution in [0.4, 0.5) is 0 Å². The number of morpholine rings is 1.